The highest BCUT2D eigenvalue weighted by Crippen LogP contribution is 2.64. The molecule has 4 amide bonds. The van der Waals surface area contributed by atoms with Crippen molar-refractivity contribution in [3.8, 4) is 0 Å². The first-order chi connectivity index (χ1) is 21.2. The van der Waals surface area contributed by atoms with Crippen LogP contribution in [-0.2, 0) is 31.2 Å². The minimum Gasteiger partial charge on any atom is -0.463 e. The average molecular weight is 618 g/mol. The van der Waals surface area contributed by atoms with Crippen molar-refractivity contribution in [2.45, 2.75) is 37.7 Å². The van der Waals surface area contributed by atoms with Crippen molar-refractivity contribution in [1.82, 2.24) is 9.91 Å². The Balaban J connectivity index is 1.45. The molecule has 2 saturated heterocycles. The zero-order valence-corrected chi connectivity index (χ0v) is 24.5. The van der Waals surface area contributed by atoms with Gasteiger partial charge in [0.25, 0.3) is 11.8 Å². The van der Waals surface area contributed by atoms with E-state index in [1.54, 1.807) is 43.3 Å². The maximum Gasteiger partial charge on any atom is 0.260 e. The predicted octanol–water partition coefficient (Wildman–Crippen LogP) is 4.57. The number of carbonyl (C=O) groups excluding carboxylic acids is 4. The molecule has 3 aromatic rings. The van der Waals surface area contributed by atoms with Gasteiger partial charge in [0.1, 0.15) is 29.4 Å². The molecule has 2 aliphatic heterocycles. The van der Waals surface area contributed by atoms with Gasteiger partial charge >= 0.3 is 0 Å². The summed E-state index contributed by atoms with van der Waals surface area (Å²) in [7, 11) is 0. The highest BCUT2D eigenvalue weighted by molar-refractivity contribution is 6.30. The number of amides is 4. The molecule has 2 N–H and O–H groups in total. The lowest BCUT2D eigenvalue weighted by molar-refractivity contribution is -0.141. The summed E-state index contributed by atoms with van der Waals surface area (Å²) in [5.74, 6) is -4.94. The third kappa shape index (κ3) is 3.93. The number of nitrogens with zero attached hydrogens (tertiary/aromatic N) is 2. The number of aliphatic hydroxyl groups excluding tert-OH is 1. The largest absolute Gasteiger partial charge is 0.463 e. The van der Waals surface area contributed by atoms with Gasteiger partial charge in [0.2, 0.25) is 11.8 Å². The van der Waals surface area contributed by atoms with Crippen LogP contribution in [0.3, 0.4) is 0 Å². The highest BCUT2D eigenvalue weighted by Gasteiger charge is 2.71. The molecule has 3 fully saturated rings. The van der Waals surface area contributed by atoms with Crippen molar-refractivity contribution in [1.29, 1.82) is 0 Å². The Bertz CT molecular complexity index is 1720. The Kier molecular flexibility index (Phi) is 6.75. The van der Waals surface area contributed by atoms with Crippen LogP contribution in [0.25, 0.3) is 0 Å². The number of anilines is 1. The van der Waals surface area contributed by atoms with Crippen LogP contribution in [0.15, 0.2) is 76.7 Å². The van der Waals surface area contributed by atoms with Crippen LogP contribution in [0.5, 0.6) is 0 Å². The first kappa shape index (κ1) is 28.5. The Morgan fingerprint density at radius 2 is 1.70 bits per heavy atom. The smallest absolute Gasteiger partial charge is 0.260 e. The summed E-state index contributed by atoms with van der Waals surface area (Å²) in [5, 5.41) is 11.3. The number of hydrogen-bond donors (Lipinski definition) is 2. The highest BCUT2D eigenvalue weighted by atomic mass is 35.5. The summed E-state index contributed by atoms with van der Waals surface area (Å²) in [6.07, 6.45) is 2.38. The van der Waals surface area contributed by atoms with E-state index in [0.29, 0.717) is 28.5 Å². The van der Waals surface area contributed by atoms with Crippen molar-refractivity contribution < 1.29 is 33.1 Å². The fourth-order valence-corrected chi connectivity index (χ4v) is 8.10. The molecule has 7 rings (SSSR count). The summed E-state index contributed by atoms with van der Waals surface area (Å²) < 4.78 is 19.8. The fraction of sp³-hybridized carbons (Fsp3) is 0.333. The van der Waals surface area contributed by atoms with Gasteiger partial charge < -0.3 is 9.52 Å². The third-order valence-corrected chi connectivity index (χ3v) is 10.0. The molecule has 2 aliphatic carbocycles. The van der Waals surface area contributed by atoms with Gasteiger partial charge in [-0.05, 0) is 79.8 Å². The van der Waals surface area contributed by atoms with E-state index in [2.05, 4.69) is 5.43 Å². The molecule has 4 aliphatic rings. The SMILES string of the molecule is CCN1C(=O)C2CC=C3C(CC4C(=O)N(Nc5ccc(F)cc5)C(=O)C4(c4ccc(Cl)cc4)C3c3ccc(CO)o3)C2C1=O. The number of benzene rings is 2. The minimum absolute atomic E-state index is 0.141. The zero-order chi connectivity index (χ0) is 30.9. The van der Waals surface area contributed by atoms with E-state index in [1.807, 2.05) is 6.08 Å². The number of allylic oxidation sites excluding steroid dienone is 2. The molecule has 1 saturated carbocycles. The molecule has 2 aromatic carbocycles. The molecule has 3 heterocycles. The van der Waals surface area contributed by atoms with Crippen LogP contribution in [-0.4, -0.2) is 45.2 Å². The maximum absolute atomic E-state index is 14.9. The van der Waals surface area contributed by atoms with Gasteiger partial charge in [-0.25, -0.2) is 4.39 Å². The van der Waals surface area contributed by atoms with Gasteiger partial charge in [-0.15, -0.1) is 0 Å². The standard InChI is InChI=1S/C33H29ClFN3O6/c1-2-37-29(40)23-13-12-22-24(27(23)31(37)42)15-25-30(41)38(36-20-9-7-19(35)8-10-20)32(43)33(25,17-3-5-18(34)6-4-17)28(22)26-14-11-21(16-39)44-26/h3-12,14,23-25,27-28,36,39H,2,13,15-16H2,1H3. The van der Waals surface area contributed by atoms with E-state index in [0.717, 1.165) is 10.6 Å². The fourth-order valence-electron chi connectivity index (χ4n) is 7.98. The molecular formula is C33H29ClFN3O6. The number of rotatable bonds is 6. The molecule has 1 aromatic heterocycles. The van der Waals surface area contributed by atoms with Crippen molar-refractivity contribution in [3.05, 3.63) is 100 Å². The van der Waals surface area contributed by atoms with Crippen LogP contribution in [0.1, 0.15) is 42.8 Å². The molecule has 0 spiro atoms. The van der Waals surface area contributed by atoms with Gasteiger partial charge in [-0.2, -0.15) is 5.01 Å². The Morgan fingerprint density at radius 3 is 2.36 bits per heavy atom. The quantitative estimate of drug-likeness (QED) is 0.307. The van der Waals surface area contributed by atoms with E-state index in [4.69, 9.17) is 16.0 Å². The molecule has 44 heavy (non-hydrogen) atoms. The number of halogens is 2. The van der Waals surface area contributed by atoms with Gasteiger partial charge in [-0.3, -0.25) is 29.5 Å². The normalized spacial score (nSPS) is 29.5. The molecule has 6 atom stereocenters. The number of aliphatic hydroxyl groups is 1. The van der Waals surface area contributed by atoms with E-state index in [9.17, 15) is 28.7 Å². The molecule has 11 heteroatoms. The van der Waals surface area contributed by atoms with Crippen molar-refractivity contribution in [2.75, 3.05) is 12.0 Å². The van der Waals surface area contributed by atoms with E-state index in [1.165, 1.54) is 29.2 Å². The van der Waals surface area contributed by atoms with E-state index >= 15 is 0 Å². The number of likely N-dealkylation sites (tertiary alicyclic amines) is 1. The second-order valence-corrected chi connectivity index (χ2v) is 12.2. The first-order valence-corrected chi connectivity index (χ1v) is 15.0. The summed E-state index contributed by atoms with van der Waals surface area (Å²) in [6.45, 7) is 1.63. The molecule has 226 valence electrons. The molecular weight excluding hydrogens is 589 g/mol. The Labute approximate surface area is 257 Å². The van der Waals surface area contributed by atoms with Crippen molar-refractivity contribution in [2.24, 2.45) is 23.7 Å². The summed E-state index contributed by atoms with van der Waals surface area (Å²) in [5.41, 5.74) is 3.00. The average Bonchev–Trinajstić information content (AvgIpc) is 3.66. The number of carbonyl (C=O) groups is 4. The minimum atomic E-state index is -1.52. The van der Waals surface area contributed by atoms with Gasteiger partial charge in [0, 0.05) is 11.6 Å². The molecule has 0 radical (unpaired) electrons. The summed E-state index contributed by atoms with van der Waals surface area (Å²) >= 11 is 6.27. The Morgan fingerprint density at radius 1 is 0.977 bits per heavy atom. The zero-order valence-electron chi connectivity index (χ0n) is 23.7. The second kappa shape index (κ2) is 10.4. The lowest BCUT2D eigenvalue weighted by Crippen LogP contribution is -2.53. The number of nitrogens with one attached hydrogen (secondary N) is 1. The molecule has 9 nitrogen and oxygen atoms in total. The lowest BCUT2D eigenvalue weighted by atomic mass is 9.50. The number of fused-ring (bicyclic) bond motifs is 4. The van der Waals surface area contributed by atoms with Crippen LogP contribution >= 0.6 is 11.6 Å². The first-order valence-electron chi connectivity index (χ1n) is 14.6. The number of furan rings is 1. The number of hydrazine groups is 1. The Hall–Kier alpha value is -4.28. The van der Waals surface area contributed by atoms with Gasteiger partial charge in [0.15, 0.2) is 0 Å². The van der Waals surface area contributed by atoms with E-state index in [-0.39, 0.29) is 37.1 Å². The topological polar surface area (TPSA) is 120 Å². The lowest BCUT2D eigenvalue weighted by Gasteiger charge is -2.49. The summed E-state index contributed by atoms with van der Waals surface area (Å²) in [6, 6.07) is 15.4. The number of imide groups is 2. The van der Waals surface area contributed by atoms with Crippen molar-refractivity contribution in [3.63, 3.8) is 0 Å². The molecule has 0 bridgehead atoms. The van der Waals surface area contributed by atoms with E-state index < -0.39 is 52.6 Å². The number of hydrogen-bond acceptors (Lipinski definition) is 7. The predicted molar refractivity (Wildman–Crippen MR) is 156 cm³/mol. The van der Waals surface area contributed by atoms with Crippen molar-refractivity contribution >= 4 is 40.9 Å². The van der Waals surface area contributed by atoms with Gasteiger partial charge in [0.05, 0.1) is 29.4 Å². The van der Waals surface area contributed by atoms with Crippen LogP contribution < -0.4 is 5.43 Å². The third-order valence-electron chi connectivity index (χ3n) is 9.79. The maximum atomic E-state index is 14.9. The monoisotopic (exact) mass is 617 g/mol. The van der Waals surface area contributed by atoms with Crippen LogP contribution in [0.2, 0.25) is 5.02 Å². The van der Waals surface area contributed by atoms with Crippen LogP contribution in [0, 0.1) is 29.5 Å². The van der Waals surface area contributed by atoms with Gasteiger partial charge in [-0.1, -0.05) is 35.4 Å². The second-order valence-electron chi connectivity index (χ2n) is 11.8. The molecule has 6 unspecified atom stereocenters. The van der Waals surface area contributed by atoms with Crippen LogP contribution in [0.4, 0.5) is 10.1 Å². The summed E-state index contributed by atoms with van der Waals surface area (Å²) in [4.78, 5) is 57.5.